The van der Waals surface area contributed by atoms with E-state index in [1.807, 2.05) is 73.7 Å². The van der Waals surface area contributed by atoms with Gasteiger partial charge >= 0.3 is 5.97 Å². The molecule has 3 aromatic carbocycles. The van der Waals surface area contributed by atoms with Crippen molar-refractivity contribution in [2.24, 2.45) is 4.99 Å². The van der Waals surface area contributed by atoms with Gasteiger partial charge in [0.25, 0.3) is 5.56 Å². The molecule has 10 heteroatoms. The fraction of sp³-hybridized carbons (Fsp3) is 0.194. The van der Waals surface area contributed by atoms with Gasteiger partial charge in [0, 0.05) is 14.5 Å². The van der Waals surface area contributed by atoms with Gasteiger partial charge in [-0.05, 0) is 84.8 Å². The number of hydrogen-bond acceptors (Lipinski definition) is 6. The van der Waals surface area contributed by atoms with E-state index in [9.17, 15) is 9.59 Å². The zero-order valence-corrected chi connectivity index (χ0v) is 28.6. The van der Waals surface area contributed by atoms with E-state index in [0.29, 0.717) is 33.0 Å². The van der Waals surface area contributed by atoms with Crippen molar-refractivity contribution in [2.45, 2.75) is 33.4 Å². The molecular formula is C31H25Br2IN2O4S. The van der Waals surface area contributed by atoms with E-state index in [2.05, 4.69) is 59.4 Å². The zero-order chi connectivity index (χ0) is 29.3. The van der Waals surface area contributed by atoms with Gasteiger partial charge in [-0.2, -0.15) is 0 Å². The Labute approximate surface area is 271 Å². The highest BCUT2D eigenvalue weighted by Crippen LogP contribution is 2.33. The number of halogens is 3. The third kappa shape index (κ3) is 6.45. The summed E-state index contributed by atoms with van der Waals surface area (Å²) in [6, 6.07) is 19.1. The zero-order valence-electron chi connectivity index (χ0n) is 22.4. The van der Waals surface area contributed by atoms with Crippen molar-refractivity contribution in [3.63, 3.8) is 0 Å². The molecule has 0 aliphatic carbocycles. The second-order valence-corrected chi connectivity index (χ2v) is 13.4. The molecule has 0 saturated carbocycles. The van der Waals surface area contributed by atoms with Crippen molar-refractivity contribution in [1.82, 2.24) is 4.57 Å². The predicted molar refractivity (Wildman–Crippen MR) is 177 cm³/mol. The summed E-state index contributed by atoms with van der Waals surface area (Å²) in [5.41, 5.74) is 4.36. The molecule has 1 aliphatic rings. The van der Waals surface area contributed by atoms with Crippen molar-refractivity contribution in [1.29, 1.82) is 0 Å². The van der Waals surface area contributed by atoms with E-state index in [0.717, 1.165) is 34.8 Å². The minimum Gasteiger partial charge on any atom is -0.487 e. The number of allylic oxidation sites excluding steroid dienone is 1. The van der Waals surface area contributed by atoms with E-state index in [1.165, 1.54) is 11.3 Å². The quantitative estimate of drug-likeness (QED) is 0.152. The smallest absolute Gasteiger partial charge is 0.338 e. The lowest BCUT2D eigenvalue weighted by Gasteiger charge is -2.24. The Kier molecular flexibility index (Phi) is 9.32. The lowest BCUT2D eigenvalue weighted by Crippen LogP contribution is -2.39. The maximum absolute atomic E-state index is 14.0. The first-order valence-corrected chi connectivity index (χ1v) is 16.3. The number of carbonyl (C=O) groups excluding carboxylic acids is 1. The first-order valence-electron chi connectivity index (χ1n) is 12.8. The number of aromatic nitrogens is 1. The van der Waals surface area contributed by atoms with E-state index < -0.39 is 12.0 Å². The summed E-state index contributed by atoms with van der Waals surface area (Å²) < 4.78 is 16.5. The van der Waals surface area contributed by atoms with Crippen molar-refractivity contribution < 1.29 is 14.3 Å². The molecule has 6 nitrogen and oxygen atoms in total. The normalized spacial score (nSPS) is 15.0. The number of rotatable bonds is 7. The largest absolute Gasteiger partial charge is 0.487 e. The molecule has 0 bridgehead atoms. The molecule has 0 unspecified atom stereocenters. The third-order valence-corrected chi connectivity index (χ3v) is 9.30. The molecule has 0 amide bonds. The Morgan fingerprint density at radius 3 is 2.46 bits per heavy atom. The first kappa shape index (κ1) is 29.9. The monoisotopic (exact) mass is 806 g/mol. The number of fused-ring (bicyclic) bond motifs is 1. The molecule has 0 spiro atoms. The fourth-order valence-electron chi connectivity index (χ4n) is 4.57. The summed E-state index contributed by atoms with van der Waals surface area (Å²) >= 11 is 10.6. The van der Waals surface area contributed by atoms with Gasteiger partial charge in [0.15, 0.2) is 4.80 Å². The van der Waals surface area contributed by atoms with Crippen molar-refractivity contribution >= 4 is 77.8 Å². The van der Waals surface area contributed by atoms with Gasteiger partial charge in [-0.15, -0.1) is 0 Å². The van der Waals surface area contributed by atoms with Crippen LogP contribution >= 0.6 is 65.8 Å². The minimum atomic E-state index is -0.649. The predicted octanol–water partition coefficient (Wildman–Crippen LogP) is 6.82. The lowest BCUT2D eigenvalue weighted by atomic mass is 9.95. The summed E-state index contributed by atoms with van der Waals surface area (Å²) in [5, 5.41) is 0. The molecule has 0 radical (unpaired) electrons. The molecule has 1 aromatic heterocycles. The SMILES string of the molecule is CCOC(=O)C1=C(C)N=c2s/c(=C\c3cc(Br)cc(I)c3OCc3ccc(Br)cc3)c(=O)n2[C@H]1c1ccc(C)cc1. The maximum atomic E-state index is 14.0. The number of thiazole rings is 1. The van der Waals surface area contributed by atoms with E-state index in [-0.39, 0.29) is 12.2 Å². The Hall–Kier alpha value is -2.54. The number of hydrogen-bond donors (Lipinski definition) is 0. The van der Waals surface area contributed by atoms with E-state index >= 15 is 0 Å². The summed E-state index contributed by atoms with van der Waals surface area (Å²) in [6.45, 7) is 6.15. The van der Waals surface area contributed by atoms with E-state index in [1.54, 1.807) is 18.4 Å². The molecule has 0 saturated heterocycles. The minimum absolute atomic E-state index is 0.227. The molecule has 4 aromatic rings. The standard InChI is InChI=1S/C31H25Br2IN2O4S/c1-4-39-30(38)26-18(3)35-31-36(27(26)20-9-5-17(2)6-10-20)29(37)25(41-31)14-21-13-23(33)15-24(34)28(21)40-16-19-7-11-22(32)12-8-19/h5-15,27H,4,16H2,1-3H3/b25-14-/t27-/m0/s1. The summed E-state index contributed by atoms with van der Waals surface area (Å²) in [7, 11) is 0. The van der Waals surface area contributed by atoms with Crippen LogP contribution in [0.4, 0.5) is 0 Å². The second kappa shape index (κ2) is 12.8. The molecule has 1 aliphatic heterocycles. The number of aryl methyl sites for hydroxylation is 1. The Bertz CT molecular complexity index is 1850. The summed E-state index contributed by atoms with van der Waals surface area (Å²) in [6.07, 6.45) is 1.84. The van der Waals surface area contributed by atoms with Crippen LogP contribution < -0.4 is 19.6 Å². The Balaban J connectivity index is 1.64. The number of benzene rings is 3. The fourth-order valence-corrected chi connectivity index (χ4v) is 7.58. The third-order valence-electron chi connectivity index (χ3n) is 6.53. The number of esters is 1. The van der Waals surface area contributed by atoms with Gasteiger partial charge < -0.3 is 9.47 Å². The molecule has 1 atom stereocenters. The lowest BCUT2D eigenvalue weighted by molar-refractivity contribution is -0.139. The first-order chi connectivity index (χ1) is 19.7. The summed E-state index contributed by atoms with van der Waals surface area (Å²) in [4.78, 5) is 32.4. The molecular weight excluding hydrogens is 783 g/mol. The topological polar surface area (TPSA) is 69.9 Å². The second-order valence-electron chi connectivity index (χ2n) is 9.43. The molecule has 2 heterocycles. The summed E-state index contributed by atoms with van der Waals surface area (Å²) in [5.74, 6) is 0.208. The van der Waals surface area contributed by atoms with E-state index in [4.69, 9.17) is 9.47 Å². The number of nitrogens with zero attached hydrogens (tertiary/aromatic N) is 2. The van der Waals surface area contributed by atoms with Gasteiger partial charge in [-0.3, -0.25) is 9.36 Å². The highest BCUT2D eigenvalue weighted by molar-refractivity contribution is 14.1. The molecule has 210 valence electrons. The average Bonchev–Trinajstić information content (AvgIpc) is 3.23. The molecule has 0 fully saturated rings. The molecule has 5 rings (SSSR count). The maximum Gasteiger partial charge on any atom is 0.338 e. The van der Waals surface area contributed by atoms with Crippen LogP contribution in [-0.4, -0.2) is 17.1 Å². The van der Waals surface area contributed by atoms with Crippen LogP contribution in [0.15, 0.2) is 90.7 Å². The van der Waals surface area contributed by atoms with Crippen LogP contribution in [-0.2, 0) is 16.1 Å². The van der Waals surface area contributed by atoms with Gasteiger partial charge in [0.2, 0.25) is 0 Å². The highest BCUT2D eigenvalue weighted by Gasteiger charge is 2.33. The van der Waals surface area contributed by atoms with Crippen molar-refractivity contribution in [2.75, 3.05) is 6.61 Å². The van der Waals surface area contributed by atoms with Gasteiger partial charge in [-0.1, -0.05) is 85.2 Å². The number of ether oxygens (including phenoxy) is 2. The van der Waals surface area contributed by atoms with Gasteiger partial charge in [-0.25, -0.2) is 9.79 Å². The van der Waals surface area contributed by atoms with Crippen LogP contribution in [0.5, 0.6) is 5.75 Å². The Morgan fingerprint density at radius 1 is 1.07 bits per heavy atom. The highest BCUT2D eigenvalue weighted by atomic mass is 127. The van der Waals surface area contributed by atoms with Crippen LogP contribution in [0, 0.1) is 10.5 Å². The van der Waals surface area contributed by atoms with Crippen molar-refractivity contribution in [3.8, 4) is 5.75 Å². The molecule has 0 N–H and O–H groups in total. The number of carbonyl (C=O) groups is 1. The van der Waals surface area contributed by atoms with Crippen LogP contribution in [0.25, 0.3) is 6.08 Å². The van der Waals surface area contributed by atoms with Gasteiger partial charge in [0.05, 0.1) is 32.0 Å². The van der Waals surface area contributed by atoms with Gasteiger partial charge in [0.1, 0.15) is 12.4 Å². The van der Waals surface area contributed by atoms with Crippen LogP contribution in [0.3, 0.4) is 0 Å². The average molecular weight is 808 g/mol. The molecule has 41 heavy (non-hydrogen) atoms. The Morgan fingerprint density at radius 2 is 1.78 bits per heavy atom. The van der Waals surface area contributed by atoms with Crippen LogP contribution in [0.1, 0.15) is 42.1 Å². The van der Waals surface area contributed by atoms with Crippen LogP contribution in [0.2, 0.25) is 0 Å². The van der Waals surface area contributed by atoms with Crippen molar-refractivity contribution in [3.05, 3.63) is 126 Å².